The summed E-state index contributed by atoms with van der Waals surface area (Å²) < 4.78 is 46.8. The Kier molecular flexibility index (Phi) is 8.56. The standard InChI is InChI=1S/C30H33F3N4O3/c1-21-2-4-24(18-27(21)23-5-7-26(8-6-23)40-30(31,32)33)29(38)35-25-10-12-36(13-11-25)20-22-3-9-28(34-19-22)37-14-16-39-17-15-37/h2-9,18-19,25H,10-17,20H2,1H3,(H,35,38). The first-order valence-electron chi connectivity index (χ1n) is 13.5. The zero-order chi connectivity index (χ0) is 28.1. The molecule has 0 atom stereocenters. The van der Waals surface area contributed by atoms with E-state index in [4.69, 9.17) is 4.74 Å². The van der Waals surface area contributed by atoms with Crippen LogP contribution in [0.5, 0.6) is 5.75 Å². The Bertz CT molecular complexity index is 1290. The molecule has 3 heterocycles. The highest BCUT2D eigenvalue weighted by Gasteiger charge is 2.31. The number of halogens is 3. The quantitative estimate of drug-likeness (QED) is 0.434. The first-order valence-corrected chi connectivity index (χ1v) is 13.5. The van der Waals surface area contributed by atoms with Crippen LogP contribution in [0.4, 0.5) is 19.0 Å². The number of pyridine rings is 1. The van der Waals surface area contributed by atoms with Crippen molar-refractivity contribution in [3.8, 4) is 16.9 Å². The Labute approximate surface area is 231 Å². The number of hydrogen-bond acceptors (Lipinski definition) is 6. The van der Waals surface area contributed by atoms with Gasteiger partial charge in [-0.25, -0.2) is 4.98 Å². The Balaban J connectivity index is 1.13. The van der Waals surface area contributed by atoms with Crippen LogP contribution in [-0.2, 0) is 11.3 Å². The van der Waals surface area contributed by atoms with Gasteiger partial charge in [0.1, 0.15) is 11.6 Å². The maximum Gasteiger partial charge on any atom is 0.573 e. The molecule has 7 nitrogen and oxygen atoms in total. The van der Waals surface area contributed by atoms with Gasteiger partial charge >= 0.3 is 6.36 Å². The lowest BCUT2D eigenvalue weighted by molar-refractivity contribution is -0.274. The number of carbonyl (C=O) groups is 1. The summed E-state index contributed by atoms with van der Waals surface area (Å²) in [5, 5.41) is 3.16. The fourth-order valence-electron chi connectivity index (χ4n) is 5.16. The zero-order valence-electron chi connectivity index (χ0n) is 22.4. The number of piperidine rings is 1. The number of alkyl halides is 3. The van der Waals surface area contributed by atoms with E-state index in [2.05, 4.69) is 37.0 Å². The van der Waals surface area contributed by atoms with E-state index in [-0.39, 0.29) is 17.7 Å². The Morgan fingerprint density at radius 2 is 1.75 bits per heavy atom. The minimum atomic E-state index is -4.74. The van der Waals surface area contributed by atoms with Crippen molar-refractivity contribution in [2.75, 3.05) is 44.3 Å². The van der Waals surface area contributed by atoms with E-state index in [1.807, 2.05) is 19.2 Å². The Hall–Kier alpha value is -3.63. The first kappa shape index (κ1) is 27.9. The average molecular weight is 555 g/mol. The van der Waals surface area contributed by atoms with Crippen LogP contribution >= 0.6 is 0 Å². The third-order valence-corrected chi connectivity index (χ3v) is 7.37. The van der Waals surface area contributed by atoms with E-state index in [1.54, 1.807) is 24.3 Å². The molecule has 2 aromatic carbocycles. The summed E-state index contributed by atoms with van der Waals surface area (Å²) in [5.74, 6) is 0.551. The van der Waals surface area contributed by atoms with Crippen LogP contribution in [0.25, 0.3) is 11.1 Å². The fourth-order valence-corrected chi connectivity index (χ4v) is 5.16. The molecule has 2 aliphatic rings. The highest BCUT2D eigenvalue weighted by Crippen LogP contribution is 2.29. The van der Waals surface area contributed by atoms with Crippen molar-refractivity contribution in [1.29, 1.82) is 0 Å². The molecule has 0 unspecified atom stereocenters. The molecule has 2 fully saturated rings. The molecular weight excluding hydrogens is 521 g/mol. The predicted octanol–water partition coefficient (Wildman–Crippen LogP) is 5.19. The van der Waals surface area contributed by atoms with E-state index in [9.17, 15) is 18.0 Å². The molecule has 1 amide bonds. The summed E-state index contributed by atoms with van der Waals surface area (Å²) in [6, 6.07) is 15.4. The van der Waals surface area contributed by atoms with Gasteiger partial charge in [0.15, 0.2) is 0 Å². The number of likely N-dealkylation sites (tertiary alicyclic amines) is 1. The SMILES string of the molecule is Cc1ccc(C(=O)NC2CCN(Cc3ccc(N4CCOCC4)nc3)CC2)cc1-c1ccc(OC(F)(F)F)cc1. The van der Waals surface area contributed by atoms with Gasteiger partial charge in [-0.3, -0.25) is 9.69 Å². The van der Waals surface area contributed by atoms with Crippen molar-refractivity contribution in [1.82, 2.24) is 15.2 Å². The molecular formula is C30H33F3N4O3. The van der Waals surface area contributed by atoms with Crippen LogP contribution in [0, 0.1) is 6.92 Å². The van der Waals surface area contributed by atoms with Gasteiger partial charge in [-0.1, -0.05) is 24.3 Å². The number of amides is 1. The molecule has 212 valence electrons. The number of nitrogens with zero attached hydrogens (tertiary/aromatic N) is 3. The van der Waals surface area contributed by atoms with E-state index >= 15 is 0 Å². The number of carbonyl (C=O) groups excluding carboxylic acids is 1. The van der Waals surface area contributed by atoms with Crippen LogP contribution < -0.4 is 15.0 Å². The van der Waals surface area contributed by atoms with Gasteiger partial charge in [0, 0.05) is 50.5 Å². The molecule has 1 N–H and O–H groups in total. The van der Waals surface area contributed by atoms with Gasteiger partial charge < -0.3 is 19.7 Å². The minimum Gasteiger partial charge on any atom is -0.406 e. The van der Waals surface area contributed by atoms with Crippen LogP contribution in [0.1, 0.15) is 34.3 Å². The highest BCUT2D eigenvalue weighted by atomic mass is 19.4. The molecule has 0 saturated carbocycles. The molecule has 2 saturated heterocycles. The van der Waals surface area contributed by atoms with Crippen LogP contribution in [-0.4, -0.2) is 67.6 Å². The largest absolute Gasteiger partial charge is 0.573 e. The first-order chi connectivity index (χ1) is 19.2. The maximum atomic E-state index is 13.1. The van der Waals surface area contributed by atoms with Crippen LogP contribution in [0.15, 0.2) is 60.8 Å². The number of rotatable bonds is 7. The van der Waals surface area contributed by atoms with Gasteiger partial charge in [-0.05, 0) is 72.4 Å². The van der Waals surface area contributed by atoms with E-state index in [0.29, 0.717) is 11.1 Å². The lowest BCUT2D eigenvalue weighted by Crippen LogP contribution is -2.44. The van der Waals surface area contributed by atoms with E-state index in [1.165, 1.54) is 17.7 Å². The number of morpholine rings is 1. The number of hydrogen-bond donors (Lipinski definition) is 1. The molecule has 2 aliphatic heterocycles. The minimum absolute atomic E-state index is 0.0779. The number of benzene rings is 2. The molecule has 0 bridgehead atoms. The van der Waals surface area contributed by atoms with Crippen molar-refractivity contribution in [2.45, 2.75) is 38.7 Å². The number of nitrogens with one attached hydrogen (secondary N) is 1. The van der Waals surface area contributed by atoms with Crippen molar-refractivity contribution in [2.24, 2.45) is 0 Å². The average Bonchev–Trinajstić information content (AvgIpc) is 2.95. The summed E-state index contributed by atoms with van der Waals surface area (Å²) in [7, 11) is 0. The number of anilines is 1. The van der Waals surface area contributed by atoms with Gasteiger partial charge in [0.2, 0.25) is 0 Å². The summed E-state index contributed by atoms with van der Waals surface area (Å²) in [5.41, 5.74) is 4.10. The topological polar surface area (TPSA) is 66.9 Å². The van der Waals surface area contributed by atoms with Gasteiger partial charge in [0.05, 0.1) is 13.2 Å². The van der Waals surface area contributed by atoms with Crippen LogP contribution in [0.2, 0.25) is 0 Å². The maximum absolute atomic E-state index is 13.1. The van der Waals surface area contributed by atoms with Gasteiger partial charge in [0.25, 0.3) is 5.91 Å². The normalized spacial score (nSPS) is 17.1. The van der Waals surface area contributed by atoms with E-state index in [0.717, 1.165) is 75.7 Å². The molecule has 0 spiro atoms. The van der Waals surface area contributed by atoms with Crippen molar-refractivity contribution in [3.63, 3.8) is 0 Å². The molecule has 10 heteroatoms. The molecule has 40 heavy (non-hydrogen) atoms. The van der Waals surface area contributed by atoms with Crippen molar-refractivity contribution < 1.29 is 27.4 Å². The van der Waals surface area contributed by atoms with E-state index < -0.39 is 6.36 Å². The second-order valence-electron chi connectivity index (χ2n) is 10.2. The number of aryl methyl sites for hydroxylation is 1. The second-order valence-corrected chi connectivity index (χ2v) is 10.2. The van der Waals surface area contributed by atoms with Gasteiger partial charge in [-0.15, -0.1) is 13.2 Å². The predicted molar refractivity (Wildman–Crippen MR) is 146 cm³/mol. The molecule has 0 radical (unpaired) electrons. The lowest BCUT2D eigenvalue weighted by atomic mass is 9.97. The van der Waals surface area contributed by atoms with Crippen molar-refractivity contribution in [3.05, 3.63) is 77.5 Å². The fraction of sp³-hybridized carbons (Fsp3) is 0.400. The Morgan fingerprint density at radius 1 is 1.02 bits per heavy atom. The summed E-state index contributed by atoms with van der Waals surface area (Å²) in [4.78, 5) is 22.3. The highest BCUT2D eigenvalue weighted by molar-refractivity contribution is 5.96. The molecule has 1 aromatic heterocycles. The number of ether oxygens (including phenoxy) is 2. The summed E-state index contributed by atoms with van der Waals surface area (Å²) in [6.45, 7) is 7.68. The number of aromatic nitrogens is 1. The van der Waals surface area contributed by atoms with Gasteiger partial charge in [-0.2, -0.15) is 0 Å². The molecule has 0 aliphatic carbocycles. The molecule has 5 rings (SSSR count). The lowest BCUT2D eigenvalue weighted by Gasteiger charge is -2.32. The third kappa shape index (κ3) is 7.31. The monoisotopic (exact) mass is 554 g/mol. The smallest absolute Gasteiger partial charge is 0.406 e. The third-order valence-electron chi connectivity index (χ3n) is 7.37. The van der Waals surface area contributed by atoms with Crippen molar-refractivity contribution >= 4 is 11.7 Å². The van der Waals surface area contributed by atoms with Crippen LogP contribution in [0.3, 0.4) is 0 Å². The molecule has 3 aromatic rings. The Morgan fingerprint density at radius 3 is 2.40 bits per heavy atom. The summed E-state index contributed by atoms with van der Waals surface area (Å²) >= 11 is 0. The summed E-state index contributed by atoms with van der Waals surface area (Å²) in [6.07, 6.45) is -1.09. The zero-order valence-corrected chi connectivity index (χ0v) is 22.4. The second kappa shape index (κ2) is 12.3.